The molecule has 0 aliphatic carbocycles. The molecule has 1 aliphatic heterocycles. The predicted molar refractivity (Wildman–Crippen MR) is 74.4 cm³/mol. The first-order valence-electron chi connectivity index (χ1n) is 5.98. The first kappa shape index (κ1) is 13.1. The highest BCUT2D eigenvalue weighted by Crippen LogP contribution is 2.23. The Labute approximate surface area is 114 Å². The van der Waals surface area contributed by atoms with Gasteiger partial charge < -0.3 is 10.6 Å². The summed E-state index contributed by atoms with van der Waals surface area (Å²) in [5.74, 6) is 0.189. The van der Waals surface area contributed by atoms with Crippen LogP contribution in [-0.4, -0.2) is 25.0 Å². The Hall–Kier alpha value is -0.390. The van der Waals surface area contributed by atoms with Crippen molar-refractivity contribution in [3.05, 3.63) is 20.8 Å². The molecule has 0 aromatic carbocycles. The highest BCUT2D eigenvalue weighted by molar-refractivity contribution is 9.11. The van der Waals surface area contributed by atoms with E-state index in [0.29, 0.717) is 12.5 Å². The Morgan fingerprint density at radius 1 is 1.59 bits per heavy atom. The van der Waals surface area contributed by atoms with E-state index >= 15 is 0 Å². The number of carbonyl (C=O) groups is 1. The highest BCUT2D eigenvalue weighted by Gasteiger charge is 2.16. The lowest BCUT2D eigenvalue weighted by Crippen LogP contribution is -2.36. The first-order chi connectivity index (χ1) is 8.24. The monoisotopic (exact) mass is 316 g/mol. The number of rotatable bonds is 5. The summed E-state index contributed by atoms with van der Waals surface area (Å²) in [5.41, 5.74) is 0. The van der Waals surface area contributed by atoms with Crippen molar-refractivity contribution in [3.8, 4) is 0 Å². The number of hydrogen-bond donors (Lipinski definition) is 2. The van der Waals surface area contributed by atoms with Gasteiger partial charge in [-0.3, -0.25) is 4.79 Å². The molecule has 1 amide bonds. The van der Waals surface area contributed by atoms with Crippen molar-refractivity contribution >= 4 is 33.2 Å². The van der Waals surface area contributed by atoms with E-state index in [2.05, 4.69) is 38.7 Å². The smallest absolute Gasteiger partial charge is 0.220 e. The second-order valence-electron chi connectivity index (χ2n) is 4.32. The Kier molecular flexibility index (Phi) is 5.00. The lowest BCUT2D eigenvalue weighted by atomic mass is 10.2. The molecule has 1 atom stereocenters. The van der Waals surface area contributed by atoms with Crippen LogP contribution < -0.4 is 10.6 Å². The second kappa shape index (κ2) is 6.52. The molecule has 0 radical (unpaired) electrons. The third kappa shape index (κ3) is 4.41. The van der Waals surface area contributed by atoms with Crippen LogP contribution in [0.2, 0.25) is 0 Å². The number of thiophene rings is 1. The van der Waals surface area contributed by atoms with Crippen molar-refractivity contribution in [3.63, 3.8) is 0 Å². The van der Waals surface area contributed by atoms with Gasteiger partial charge >= 0.3 is 0 Å². The van der Waals surface area contributed by atoms with Gasteiger partial charge in [0.2, 0.25) is 5.91 Å². The quantitative estimate of drug-likeness (QED) is 0.875. The van der Waals surface area contributed by atoms with Gasteiger partial charge in [0.25, 0.3) is 0 Å². The lowest BCUT2D eigenvalue weighted by Gasteiger charge is -2.10. The number of amides is 1. The zero-order chi connectivity index (χ0) is 12.1. The fourth-order valence-electron chi connectivity index (χ4n) is 1.99. The Morgan fingerprint density at radius 2 is 2.47 bits per heavy atom. The largest absolute Gasteiger partial charge is 0.352 e. The van der Waals surface area contributed by atoms with E-state index in [-0.39, 0.29) is 5.91 Å². The van der Waals surface area contributed by atoms with Crippen molar-refractivity contribution in [1.29, 1.82) is 0 Å². The molecule has 5 heteroatoms. The minimum Gasteiger partial charge on any atom is -0.352 e. The van der Waals surface area contributed by atoms with Crippen molar-refractivity contribution in [2.45, 2.75) is 31.7 Å². The van der Waals surface area contributed by atoms with Gasteiger partial charge in [0.1, 0.15) is 0 Å². The van der Waals surface area contributed by atoms with E-state index in [0.717, 1.165) is 36.1 Å². The van der Waals surface area contributed by atoms with Crippen LogP contribution in [0.4, 0.5) is 0 Å². The summed E-state index contributed by atoms with van der Waals surface area (Å²) in [6.07, 6.45) is 3.61. The van der Waals surface area contributed by atoms with E-state index in [4.69, 9.17) is 0 Å². The number of hydrogen-bond acceptors (Lipinski definition) is 3. The fourth-order valence-corrected chi connectivity index (χ4v) is 3.51. The molecule has 1 saturated heterocycles. The molecule has 94 valence electrons. The molecule has 1 fully saturated rings. The molecule has 2 heterocycles. The van der Waals surface area contributed by atoms with Crippen molar-refractivity contribution < 1.29 is 4.79 Å². The Balaban J connectivity index is 1.62. The maximum Gasteiger partial charge on any atom is 0.220 e. The third-order valence-corrected chi connectivity index (χ3v) is 4.56. The molecule has 3 nitrogen and oxygen atoms in total. The summed E-state index contributed by atoms with van der Waals surface area (Å²) in [7, 11) is 0. The highest BCUT2D eigenvalue weighted by atomic mass is 79.9. The van der Waals surface area contributed by atoms with Gasteiger partial charge in [-0.15, -0.1) is 11.3 Å². The van der Waals surface area contributed by atoms with Crippen LogP contribution in [0.3, 0.4) is 0 Å². The first-order valence-corrected chi connectivity index (χ1v) is 7.59. The van der Waals surface area contributed by atoms with Gasteiger partial charge in [0.15, 0.2) is 0 Å². The molecular weight excluding hydrogens is 300 g/mol. The standard InChI is InChI=1S/C12H17BrN2OS/c13-11-5-4-10(17-11)2-1-3-12(16)15-9-6-7-14-8-9/h4-5,9,14H,1-3,6-8H2,(H,15,16). The predicted octanol–water partition coefficient (Wildman–Crippen LogP) is 2.31. The average Bonchev–Trinajstić information content (AvgIpc) is 2.90. The van der Waals surface area contributed by atoms with E-state index in [1.54, 1.807) is 11.3 Å². The second-order valence-corrected chi connectivity index (χ2v) is 6.86. The SMILES string of the molecule is O=C(CCCc1ccc(Br)s1)NC1CCNC1. The van der Waals surface area contributed by atoms with Gasteiger partial charge in [-0.2, -0.15) is 0 Å². The molecule has 0 bridgehead atoms. The van der Waals surface area contributed by atoms with Gasteiger partial charge in [-0.25, -0.2) is 0 Å². The van der Waals surface area contributed by atoms with Crippen LogP contribution in [0.25, 0.3) is 0 Å². The maximum atomic E-state index is 11.6. The van der Waals surface area contributed by atoms with Crippen LogP contribution in [0.15, 0.2) is 15.9 Å². The summed E-state index contributed by atoms with van der Waals surface area (Å²) in [6.45, 7) is 1.94. The summed E-state index contributed by atoms with van der Waals surface area (Å²) in [4.78, 5) is 13.0. The Morgan fingerprint density at radius 3 is 3.12 bits per heavy atom. The van der Waals surface area contributed by atoms with E-state index in [9.17, 15) is 4.79 Å². The zero-order valence-corrected chi connectivity index (χ0v) is 12.1. The van der Waals surface area contributed by atoms with Crippen molar-refractivity contribution in [1.82, 2.24) is 10.6 Å². The number of nitrogens with one attached hydrogen (secondary N) is 2. The minimum atomic E-state index is 0.189. The third-order valence-electron chi connectivity index (χ3n) is 2.88. The summed E-state index contributed by atoms with van der Waals surface area (Å²) < 4.78 is 1.16. The molecular formula is C12H17BrN2OS. The maximum absolute atomic E-state index is 11.6. The summed E-state index contributed by atoms with van der Waals surface area (Å²) >= 11 is 5.19. The van der Waals surface area contributed by atoms with Gasteiger partial charge in [-0.05, 0) is 53.9 Å². The number of halogens is 1. The van der Waals surface area contributed by atoms with Gasteiger partial charge in [0, 0.05) is 23.9 Å². The molecule has 1 aromatic rings. The Bertz CT molecular complexity index is 374. The summed E-state index contributed by atoms with van der Waals surface area (Å²) in [5, 5.41) is 6.31. The molecule has 1 aliphatic rings. The van der Waals surface area contributed by atoms with Crippen molar-refractivity contribution in [2.24, 2.45) is 0 Å². The minimum absolute atomic E-state index is 0.189. The van der Waals surface area contributed by atoms with Gasteiger partial charge in [-0.1, -0.05) is 0 Å². The summed E-state index contributed by atoms with van der Waals surface area (Å²) in [6, 6.07) is 4.52. The zero-order valence-electron chi connectivity index (χ0n) is 9.67. The van der Waals surface area contributed by atoms with Crippen LogP contribution in [0, 0.1) is 0 Å². The number of carbonyl (C=O) groups excluding carboxylic acids is 1. The molecule has 0 spiro atoms. The molecule has 1 aromatic heterocycles. The number of aryl methyl sites for hydroxylation is 1. The van der Waals surface area contributed by atoms with Crippen molar-refractivity contribution in [2.75, 3.05) is 13.1 Å². The molecule has 0 saturated carbocycles. The topological polar surface area (TPSA) is 41.1 Å². The van der Waals surface area contributed by atoms with Crippen LogP contribution in [-0.2, 0) is 11.2 Å². The normalized spacial score (nSPS) is 19.5. The van der Waals surface area contributed by atoms with E-state index in [1.807, 2.05) is 0 Å². The van der Waals surface area contributed by atoms with E-state index < -0.39 is 0 Å². The molecule has 2 rings (SSSR count). The average molecular weight is 317 g/mol. The fraction of sp³-hybridized carbons (Fsp3) is 0.583. The molecule has 17 heavy (non-hydrogen) atoms. The molecule has 2 N–H and O–H groups in total. The van der Waals surface area contributed by atoms with Crippen LogP contribution in [0.5, 0.6) is 0 Å². The lowest BCUT2D eigenvalue weighted by molar-refractivity contribution is -0.121. The van der Waals surface area contributed by atoms with Gasteiger partial charge in [0.05, 0.1) is 3.79 Å². The molecule has 1 unspecified atom stereocenters. The van der Waals surface area contributed by atoms with Crippen LogP contribution in [0.1, 0.15) is 24.1 Å². The van der Waals surface area contributed by atoms with E-state index in [1.165, 1.54) is 4.88 Å². The van der Waals surface area contributed by atoms with Crippen LogP contribution >= 0.6 is 27.3 Å².